The monoisotopic (exact) mass is 311 g/mol. The number of imidazole rings is 1. The zero-order valence-electron chi connectivity index (χ0n) is 12.3. The summed E-state index contributed by atoms with van der Waals surface area (Å²) in [7, 11) is 1.53. The molecule has 0 radical (unpaired) electrons. The van der Waals surface area contributed by atoms with Gasteiger partial charge >= 0.3 is 0 Å². The molecule has 2 rings (SSSR count). The van der Waals surface area contributed by atoms with Gasteiger partial charge in [0.1, 0.15) is 12.2 Å². The molecule has 1 unspecified atom stereocenters. The molecule has 1 amide bonds. The second kappa shape index (κ2) is 6.71. The highest BCUT2D eigenvalue weighted by atomic mass is 35.5. The number of rotatable bonds is 6. The topological polar surface area (TPSA) is 81.9 Å². The quantitative estimate of drug-likeness (QED) is 0.820. The van der Waals surface area contributed by atoms with Crippen molar-refractivity contribution in [1.82, 2.24) is 24.8 Å². The van der Waals surface area contributed by atoms with E-state index in [2.05, 4.69) is 20.3 Å². The maximum absolute atomic E-state index is 11.6. The Kier molecular flexibility index (Phi) is 4.95. The van der Waals surface area contributed by atoms with Gasteiger partial charge in [-0.15, -0.1) is 11.6 Å². The van der Waals surface area contributed by atoms with E-state index in [9.17, 15) is 4.79 Å². The summed E-state index contributed by atoms with van der Waals surface area (Å²) in [4.78, 5) is 24.4. The van der Waals surface area contributed by atoms with Crippen LogP contribution in [0.4, 0.5) is 0 Å². The first-order valence-electron chi connectivity index (χ1n) is 6.74. The Morgan fingerprint density at radius 2 is 2.29 bits per heavy atom. The second-order valence-corrected chi connectivity index (χ2v) is 5.15. The number of halogens is 1. The van der Waals surface area contributed by atoms with Gasteiger partial charge < -0.3 is 14.6 Å². The molecule has 1 N–H and O–H groups in total. The minimum absolute atomic E-state index is 0.0199. The predicted molar refractivity (Wildman–Crippen MR) is 79.4 cm³/mol. The van der Waals surface area contributed by atoms with Crippen LogP contribution in [0.15, 0.2) is 6.33 Å². The molecule has 21 heavy (non-hydrogen) atoms. The average molecular weight is 312 g/mol. The van der Waals surface area contributed by atoms with Crippen LogP contribution in [0.1, 0.15) is 31.5 Å². The summed E-state index contributed by atoms with van der Waals surface area (Å²) in [6.07, 6.45) is 1.75. The maximum Gasteiger partial charge on any atom is 0.245 e. The van der Waals surface area contributed by atoms with E-state index in [1.54, 1.807) is 0 Å². The van der Waals surface area contributed by atoms with E-state index in [0.717, 1.165) is 0 Å². The Morgan fingerprint density at radius 3 is 2.90 bits per heavy atom. The Bertz CT molecular complexity index is 641. The Balaban J connectivity index is 2.40. The minimum atomic E-state index is -0.307. The molecule has 0 aromatic carbocycles. The van der Waals surface area contributed by atoms with E-state index in [1.165, 1.54) is 13.4 Å². The number of carbonyl (C=O) groups excluding carboxylic acids is 1. The number of hydrogen-bond donors (Lipinski definition) is 1. The molecule has 1 atom stereocenters. The third kappa shape index (κ3) is 3.24. The lowest BCUT2D eigenvalue weighted by Crippen LogP contribution is -2.24. The highest BCUT2D eigenvalue weighted by Crippen LogP contribution is 2.27. The van der Waals surface area contributed by atoms with E-state index in [-0.39, 0.29) is 11.3 Å². The number of alkyl halides is 1. The van der Waals surface area contributed by atoms with Crippen molar-refractivity contribution in [2.24, 2.45) is 0 Å². The Labute approximate surface area is 127 Å². The maximum atomic E-state index is 11.6. The predicted octanol–water partition coefficient (Wildman–Crippen LogP) is 1.66. The van der Waals surface area contributed by atoms with Gasteiger partial charge in [0.05, 0.1) is 12.5 Å². The van der Waals surface area contributed by atoms with Crippen molar-refractivity contribution >= 4 is 28.7 Å². The summed E-state index contributed by atoms with van der Waals surface area (Å²) < 4.78 is 7.03. The van der Waals surface area contributed by atoms with E-state index in [4.69, 9.17) is 16.3 Å². The van der Waals surface area contributed by atoms with E-state index in [0.29, 0.717) is 42.4 Å². The van der Waals surface area contributed by atoms with Crippen LogP contribution in [-0.4, -0.2) is 39.1 Å². The van der Waals surface area contributed by atoms with Gasteiger partial charge in [0, 0.05) is 19.5 Å². The summed E-state index contributed by atoms with van der Waals surface area (Å²) in [6.45, 7) is 4.77. The van der Waals surface area contributed by atoms with Gasteiger partial charge in [0.2, 0.25) is 11.8 Å². The number of nitrogens with one attached hydrogen (secondary N) is 1. The van der Waals surface area contributed by atoms with Crippen molar-refractivity contribution in [3.63, 3.8) is 0 Å². The fraction of sp³-hybridized carbons (Fsp3) is 0.538. The molecule has 8 heteroatoms. The van der Waals surface area contributed by atoms with Gasteiger partial charge in [0.15, 0.2) is 11.2 Å². The van der Waals surface area contributed by atoms with Crippen LogP contribution in [0, 0.1) is 0 Å². The molecule has 7 nitrogen and oxygen atoms in total. The van der Waals surface area contributed by atoms with Crippen molar-refractivity contribution in [3.05, 3.63) is 12.2 Å². The molecular weight excluding hydrogens is 294 g/mol. The molecule has 2 aromatic rings. The number of carbonyl (C=O) groups is 1. The molecule has 0 aliphatic rings. The first-order valence-corrected chi connectivity index (χ1v) is 7.18. The van der Waals surface area contributed by atoms with Gasteiger partial charge in [-0.3, -0.25) is 4.79 Å². The van der Waals surface area contributed by atoms with Gasteiger partial charge in [-0.25, -0.2) is 9.97 Å². The average Bonchev–Trinajstić information content (AvgIpc) is 2.84. The van der Waals surface area contributed by atoms with Crippen LogP contribution in [-0.2, 0) is 11.3 Å². The van der Waals surface area contributed by atoms with Gasteiger partial charge in [-0.05, 0) is 13.8 Å². The van der Waals surface area contributed by atoms with Crippen LogP contribution < -0.4 is 10.1 Å². The highest BCUT2D eigenvalue weighted by Gasteiger charge is 2.19. The van der Waals surface area contributed by atoms with Crippen molar-refractivity contribution < 1.29 is 9.53 Å². The number of fused-ring (bicyclic) bond motifs is 1. The summed E-state index contributed by atoms with van der Waals surface area (Å²) in [5.41, 5.74) is 1.17. The third-order valence-corrected chi connectivity index (χ3v) is 3.21. The zero-order valence-corrected chi connectivity index (χ0v) is 13.0. The number of methoxy groups -OCH3 is 1. The Hall–Kier alpha value is -1.89. The molecule has 0 spiro atoms. The molecule has 0 fully saturated rings. The third-order valence-electron chi connectivity index (χ3n) is 3.01. The lowest BCUT2D eigenvalue weighted by atomic mass is 10.3. The number of aromatic nitrogens is 4. The molecule has 0 saturated carbocycles. The fourth-order valence-electron chi connectivity index (χ4n) is 2.11. The Morgan fingerprint density at radius 1 is 1.52 bits per heavy atom. The molecule has 0 saturated heterocycles. The highest BCUT2D eigenvalue weighted by molar-refractivity contribution is 6.20. The summed E-state index contributed by atoms with van der Waals surface area (Å²) in [5.74, 6) is 1.03. The van der Waals surface area contributed by atoms with Crippen LogP contribution in [0.5, 0.6) is 5.88 Å². The number of amides is 1. The number of ether oxygens (including phenoxy) is 1. The first kappa shape index (κ1) is 15.5. The van der Waals surface area contributed by atoms with Crippen LogP contribution in [0.2, 0.25) is 0 Å². The van der Waals surface area contributed by atoms with Crippen molar-refractivity contribution in [2.45, 2.75) is 32.2 Å². The summed E-state index contributed by atoms with van der Waals surface area (Å²) in [6, 6.07) is 0. The second-order valence-electron chi connectivity index (χ2n) is 4.50. The van der Waals surface area contributed by atoms with Crippen LogP contribution in [0.3, 0.4) is 0 Å². The first-order chi connectivity index (χ1) is 10.1. The fourth-order valence-corrected chi connectivity index (χ4v) is 2.27. The molecule has 2 heterocycles. The summed E-state index contributed by atoms with van der Waals surface area (Å²) >= 11 is 6.18. The lowest BCUT2D eigenvalue weighted by molar-refractivity contribution is -0.121. The molecule has 0 bridgehead atoms. The van der Waals surface area contributed by atoms with E-state index >= 15 is 0 Å². The van der Waals surface area contributed by atoms with Crippen molar-refractivity contribution in [3.8, 4) is 5.88 Å². The normalized spacial score (nSPS) is 12.4. The SMILES string of the molecule is CCNC(=O)CCn1c(C(C)Cl)nc2c(OC)ncnc21. The van der Waals surface area contributed by atoms with Crippen LogP contribution >= 0.6 is 11.6 Å². The zero-order chi connectivity index (χ0) is 15.4. The van der Waals surface area contributed by atoms with E-state index < -0.39 is 0 Å². The molecule has 0 aliphatic heterocycles. The number of aryl methyl sites for hydroxylation is 1. The number of nitrogens with zero attached hydrogens (tertiary/aromatic N) is 4. The van der Waals surface area contributed by atoms with Crippen LogP contribution in [0.25, 0.3) is 11.2 Å². The van der Waals surface area contributed by atoms with E-state index in [1.807, 2.05) is 18.4 Å². The van der Waals surface area contributed by atoms with Gasteiger partial charge in [-0.1, -0.05) is 0 Å². The van der Waals surface area contributed by atoms with Crippen molar-refractivity contribution in [1.29, 1.82) is 0 Å². The standard InChI is InChI=1S/C13H18ClN5O2/c1-4-15-9(20)5-6-19-11(8(2)14)18-10-12(19)16-7-17-13(10)21-3/h7-8H,4-6H2,1-3H3,(H,15,20). The molecular formula is C13H18ClN5O2. The van der Waals surface area contributed by atoms with Gasteiger partial charge in [0.25, 0.3) is 0 Å². The van der Waals surface area contributed by atoms with Crippen molar-refractivity contribution in [2.75, 3.05) is 13.7 Å². The summed E-state index contributed by atoms with van der Waals surface area (Å²) in [5, 5.41) is 2.46. The lowest BCUT2D eigenvalue weighted by Gasteiger charge is -2.09. The largest absolute Gasteiger partial charge is 0.479 e. The van der Waals surface area contributed by atoms with Gasteiger partial charge in [-0.2, -0.15) is 4.98 Å². The molecule has 114 valence electrons. The number of hydrogen-bond acceptors (Lipinski definition) is 5. The minimum Gasteiger partial charge on any atom is -0.479 e. The molecule has 2 aromatic heterocycles. The molecule has 0 aliphatic carbocycles. The smallest absolute Gasteiger partial charge is 0.245 e.